The number of anilines is 1. The van der Waals surface area contributed by atoms with Crippen LogP contribution in [-0.2, 0) is 19.4 Å². The molecule has 8 nitrogen and oxygen atoms in total. The molecule has 2 amide bonds. The number of sulfone groups is 1. The fourth-order valence-corrected chi connectivity index (χ4v) is 8.31. The van der Waals surface area contributed by atoms with Crippen molar-refractivity contribution in [3.8, 4) is 0 Å². The van der Waals surface area contributed by atoms with Crippen molar-refractivity contribution in [1.29, 1.82) is 0 Å². The zero-order chi connectivity index (χ0) is 34.3. The van der Waals surface area contributed by atoms with Gasteiger partial charge in [-0.1, -0.05) is 60.5 Å². The fourth-order valence-electron chi connectivity index (χ4n) is 6.60. The molecule has 0 unspecified atom stereocenters. The van der Waals surface area contributed by atoms with Crippen molar-refractivity contribution in [2.75, 3.05) is 11.1 Å². The van der Waals surface area contributed by atoms with Gasteiger partial charge in [0.05, 0.1) is 27.5 Å². The van der Waals surface area contributed by atoms with Crippen molar-refractivity contribution >= 4 is 56.5 Å². The summed E-state index contributed by atoms with van der Waals surface area (Å²) in [6.45, 7) is 6.77. The van der Waals surface area contributed by atoms with E-state index in [4.69, 9.17) is 23.2 Å². The van der Waals surface area contributed by atoms with E-state index in [1.165, 1.54) is 18.2 Å². The van der Waals surface area contributed by atoms with Crippen molar-refractivity contribution in [2.24, 2.45) is 11.3 Å². The Kier molecular flexibility index (Phi) is 9.84. The van der Waals surface area contributed by atoms with Gasteiger partial charge in [0.25, 0.3) is 0 Å². The maximum Gasteiger partial charge on any atom is 0.335 e. The molecule has 2 aliphatic rings. The highest BCUT2D eigenvalue weighted by atomic mass is 35.5. The van der Waals surface area contributed by atoms with Gasteiger partial charge in [0, 0.05) is 34.1 Å². The molecule has 5 rings (SSSR count). The van der Waals surface area contributed by atoms with Crippen molar-refractivity contribution in [3.05, 3.63) is 99.5 Å². The molecule has 1 heterocycles. The highest BCUT2D eigenvalue weighted by molar-refractivity contribution is 7.92. The lowest BCUT2D eigenvalue weighted by Gasteiger charge is -2.52. The van der Waals surface area contributed by atoms with Crippen molar-refractivity contribution in [2.45, 2.75) is 76.1 Å². The molecule has 11 heteroatoms. The number of nitrogens with one attached hydrogen (secondary N) is 1. The molecule has 2 N–H and O–H groups in total. The van der Waals surface area contributed by atoms with Crippen molar-refractivity contribution in [1.82, 2.24) is 4.90 Å². The van der Waals surface area contributed by atoms with Crippen LogP contribution in [-0.4, -0.2) is 52.7 Å². The number of piperidine rings is 1. The SMILES string of the molecule is CC(C)(C)S(=O)(=O)C[C@H](C1CC1)N1C(=O)[C@@](C)(CC(=O)Nc2cccc(C(=O)O)c2)C[C@H](c2cccc(Cl)c2)[C@H]1c1ccc(Cl)cc1. The molecule has 1 aliphatic heterocycles. The maximum atomic E-state index is 15.0. The number of likely N-dealkylation sites (tertiary alicyclic amines) is 1. The van der Waals surface area contributed by atoms with Crippen LogP contribution in [0.15, 0.2) is 72.8 Å². The fraction of sp³-hybridized carbons (Fsp3) is 0.417. The van der Waals surface area contributed by atoms with Crippen LogP contribution in [0.4, 0.5) is 5.69 Å². The molecule has 1 saturated heterocycles. The molecular weight excluding hydrogens is 659 g/mol. The summed E-state index contributed by atoms with van der Waals surface area (Å²) < 4.78 is 26.5. The first-order valence-electron chi connectivity index (χ1n) is 15.7. The Bertz CT molecular complexity index is 1790. The lowest BCUT2D eigenvalue weighted by atomic mass is 9.66. The summed E-state index contributed by atoms with van der Waals surface area (Å²) in [6, 6.07) is 19.4. The molecule has 0 radical (unpaired) electrons. The Morgan fingerprint density at radius 2 is 1.64 bits per heavy atom. The van der Waals surface area contributed by atoms with Gasteiger partial charge < -0.3 is 15.3 Å². The Hall–Kier alpha value is -3.40. The van der Waals surface area contributed by atoms with E-state index >= 15 is 4.79 Å². The van der Waals surface area contributed by atoms with Crippen LogP contribution in [0.25, 0.3) is 0 Å². The van der Waals surface area contributed by atoms with E-state index in [-0.39, 0.29) is 41.9 Å². The van der Waals surface area contributed by atoms with E-state index in [0.717, 1.165) is 24.0 Å². The molecule has 4 atom stereocenters. The number of carbonyl (C=O) groups excluding carboxylic acids is 2. The number of hydrogen-bond donors (Lipinski definition) is 2. The van der Waals surface area contributed by atoms with Crippen LogP contribution in [0.5, 0.6) is 0 Å². The third kappa shape index (κ3) is 7.68. The minimum Gasteiger partial charge on any atom is -0.478 e. The lowest BCUT2D eigenvalue weighted by Crippen LogP contribution is -2.59. The lowest BCUT2D eigenvalue weighted by molar-refractivity contribution is -0.156. The number of rotatable bonds is 10. The number of nitrogens with zero attached hydrogens (tertiary/aromatic N) is 1. The van der Waals surface area contributed by atoms with Crippen molar-refractivity contribution in [3.63, 3.8) is 0 Å². The second kappa shape index (κ2) is 13.2. The van der Waals surface area contributed by atoms with Crippen molar-refractivity contribution < 1.29 is 27.9 Å². The predicted octanol–water partition coefficient (Wildman–Crippen LogP) is 7.78. The van der Waals surface area contributed by atoms with E-state index < -0.39 is 44.0 Å². The molecule has 0 spiro atoms. The van der Waals surface area contributed by atoms with E-state index in [1.807, 2.05) is 30.3 Å². The molecule has 47 heavy (non-hydrogen) atoms. The standard InChI is InChI=1S/C36H40Cl2N2O6S/c1-35(2,3)47(45,46)21-30(22-11-12-22)40-32(23-13-15-26(37)16-14-23)29(24-7-5-9-27(38)17-24)19-36(4,34(40)44)20-31(41)39-28-10-6-8-25(18-28)33(42)43/h5-10,13-18,22,29-30,32H,11-12,19-21H2,1-4H3,(H,39,41)(H,42,43)/t29-,30-,32-,36-/m1/s1. The van der Waals surface area contributed by atoms with E-state index in [1.54, 1.807) is 56.9 Å². The summed E-state index contributed by atoms with van der Waals surface area (Å²) in [6.07, 6.45) is 1.66. The smallest absolute Gasteiger partial charge is 0.335 e. The third-order valence-corrected chi connectivity index (χ3v) is 12.5. The van der Waals surface area contributed by atoms with Crippen LogP contribution >= 0.6 is 23.2 Å². The van der Waals surface area contributed by atoms with Gasteiger partial charge in [-0.25, -0.2) is 13.2 Å². The second-order valence-corrected chi connectivity index (χ2v) is 17.7. The third-order valence-electron chi connectivity index (χ3n) is 9.38. The number of hydrogen-bond acceptors (Lipinski definition) is 5. The zero-order valence-corrected chi connectivity index (χ0v) is 29.2. The van der Waals surface area contributed by atoms with Gasteiger partial charge >= 0.3 is 5.97 Å². The van der Waals surface area contributed by atoms with E-state index in [2.05, 4.69) is 5.32 Å². The molecule has 250 valence electrons. The highest BCUT2D eigenvalue weighted by Gasteiger charge is 2.55. The number of carboxylic acids is 1. The number of halogens is 2. The number of aromatic carboxylic acids is 1. The molecule has 0 aromatic heterocycles. The van der Waals surface area contributed by atoms with Gasteiger partial charge in [0.15, 0.2) is 9.84 Å². The first-order chi connectivity index (χ1) is 22.0. The number of benzene rings is 3. The summed E-state index contributed by atoms with van der Waals surface area (Å²) >= 11 is 12.8. The van der Waals surface area contributed by atoms with E-state index in [9.17, 15) is 23.1 Å². The summed E-state index contributed by atoms with van der Waals surface area (Å²) in [5, 5.41) is 13.2. The van der Waals surface area contributed by atoms with Gasteiger partial charge in [0.2, 0.25) is 11.8 Å². The molecule has 1 aliphatic carbocycles. The molecule has 0 bridgehead atoms. The normalized spacial score (nSPS) is 22.5. The van der Waals surface area contributed by atoms with Gasteiger partial charge in [-0.2, -0.15) is 0 Å². The topological polar surface area (TPSA) is 121 Å². The Balaban J connectivity index is 1.62. The summed E-state index contributed by atoms with van der Waals surface area (Å²) in [5.74, 6) is -2.45. The second-order valence-electron chi connectivity index (χ2n) is 14.0. The van der Waals surface area contributed by atoms with Gasteiger partial charge in [-0.15, -0.1) is 0 Å². The number of amides is 2. The molecule has 3 aromatic rings. The number of carboxylic acid groups (broad SMARTS) is 1. The van der Waals surface area contributed by atoms with Crippen LogP contribution in [0, 0.1) is 11.3 Å². The maximum absolute atomic E-state index is 15.0. The number of carbonyl (C=O) groups is 3. The molecular formula is C36H40Cl2N2O6S. The Morgan fingerprint density at radius 3 is 2.23 bits per heavy atom. The Labute approximate surface area is 286 Å². The summed E-state index contributed by atoms with van der Waals surface area (Å²) in [5.41, 5.74) is 0.764. The average Bonchev–Trinajstić information content (AvgIpc) is 3.83. The quantitative estimate of drug-likeness (QED) is 0.223. The largest absolute Gasteiger partial charge is 0.478 e. The van der Waals surface area contributed by atoms with Crippen LogP contribution in [0.1, 0.15) is 86.8 Å². The minimum atomic E-state index is -3.65. The molecule has 2 fully saturated rings. The van der Waals surface area contributed by atoms with Gasteiger partial charge in [0.1, 0.15) is 0 Å². The first kappa shape index (κ1) is 34.9. The Morgan fingerprint density at radius 1 is 0.979 bits per heavy atom. The summed E-state index contributed by atoms with van der Waals surface area (Å²) in [7, 11) is -3.65. The average molecular weight is 700 g/mol. The van der Waals surface area contributed by atoms with Crippen LogP contribution in [0.3, 0.4) is 0 Å². The van der Waals surface area contributed by atoms with E-state index in [0.29, 0.717) is 15.7 Å². The highest BCUT2D eigenvalue weighted by Crippen LogP contribution is 2.54. The monoisotopic (exact) mass is 698 g/mol. The zero-order valence-electron chi connectivity index (χ0n) is 26.9. The first-order valence-corrected chi connectivity index (χ1v) is 18.1. The summed E-state index contributed by atoms with van der Waals surface area (Å²) in [4.78, 5) is 41.9. The minimum absolute atomic E-state index is 0.0131. The van der Waals surface area contributed by atoms with Crippen LogP contribution < -0.4 is 5.32 Å². The van der Waals surface area contributed by atoms with Crippen LogP contribution in [0.2, 0.25) is 10.0 Å². The molecule has 1 saturated carbocycles. The van der Waals surface area contributed by atoms with Gasteiger partial charge in [-0.05, 0) is 99.5 Å². The van der Waals surface area contributed by atoms with Gasteiger partial charge in [-0.3, -0.25) is 9.59 Å². The predicted molar refractivity (Wildman–Crippen MR) is 185 cm³/mol. The molecule has 3 aromatic carbocycles.